The largest absolute Gasteiger partial charge is 0.330 e. The summed E-state index contributed by atoms with van der Waals surface area (Å²) in [5.41, 5.74) is 8.43. The van der Waals surface area contributed by atoms with E-state index in [-0.39, 0.29) is 5.41 Å². The third-order valence-electron chi connectivity index (χ3n) is 3.50. The summed E-state index contributed by atoms with van der Waals surface area (Å²) in [6.45, 7) is 0.716. The molecule has 0 unspecified atom stereocenters. The number of para-hydroxylation sites is 1. The number of hydrogen-bond acceptors (Lipinski definition) is 2. The molecule has 1 aromatic carbocycles. The third kappa shape index (κ3) is 1.13. The van der Waals surface area contributed by atoms with Crippen LogP contribution in [-0.2, 0) is 12.5 Å². The number of aryl methyl sites for hydroxylation is 1. The second-order valence-corrected chi connectivity index (χ2v) is 4.47. The van der Waals surface area contributed by atoms with E-state index in [9.17, 15) is 0 Å². The molecule has 1 aliphatic rings. The van der Waals surface area contributed by atoms with Crippen molar-refractivity contribution in [3.05, 3.63) is 30.0 Å². The second kappa shape index (κ2) is 2.83. The Balaban J connectivity index is 2.28. The van der Waals surface area contributed by atoms with Crippen molar-refractivity contribution in [1.82, 2.24) is 9.78 Å². The maximum absolute atomic E-state index is 5.85. The first kappa shape index (κ1) is 8.92. The number of fused-ring (bicyclic) bond motifs is 1. The predicted octanol–water partition coefficient (Wildman–Crippen LogP) is 1.56. The van der Waals surface area contributed by atoms with Crippen molar-refractivity contribution >= 4 is 10.9 Å². The summed E-state index contributed by atoms with van der Waals surface area (Å²) in [6, 6.07) is 8.38. The average Bonchev–Trinajstić information content (AvgIpc) is 3.00. The molecule has 15 heavy (non-hydrogen) atoms. The van der Waals surface area contributed by atoms with Crippen LogP contribution < -0.4 is 5.73 Å². The van der Waals surface area contributed by atoms with Crippen LogP contribution in [0.25, 0.3) is 10.9 Å². The van der Waals surface area contributed by atoms with Gasteiger partial charge in [-0.05, 0) is 18.9 Å². The molecule has 0 atom stereocenters. The molecule has 1 aromatic heterocycles. The first-order valence-electron chi connectivity index (χ1n) is 5.39. The highest BCUT2D eigenvalue weighted by atomic mass is 15.3. The Hall–Kier alpha value is -1.35. The molecule has 1 fully saturated rings. The van der Waals surface area contributed by atoms with Gasteiger partial charge >= 0.3 is 0 Å². The van der Waals surface area contributed by atoms with Gasteiger partial charge in [0.15, 0.2) is 0 Å². The third-order valence-corrected chi connectivity index (χ3v) is 3.50. The van der Waals surface area contributed by atoms with Crippen LogP contribution in [0, 0.1) is 0 Å². The van der Waals surface area contributed by atoms with Crippen molar-refractivity contribution < 1.29 is 0 Å². The van der Waals surface area contributed by atoms with Crippen LogP contribution in [0.2, 0.25) is 0 Å². The molecule has 1 saturated carbocycles. The van der Waals surface area contributed by atoms with Crippen LogP contribution in [0.3, 0.4) is 0 Å². The Bertz CT molecular complexity index is 509. The molecule has 0 saturated heterocycles. The van der Waals surface area contributed by atoms with Gasteiger partial charge in [-0.2, -0.15) is 5.10 Å². The molecule has 2 aromatic rings. The van der Waals surface area contributed by atoms with E-state index < -0.39 is 0 Å². The number of benzene rings is 1. The molecule has 78 valence electrons. The van der Waals surface area contributed by atoms with Crippen LogP contribution >= 0.6 is 0 Å². The lowest BCUT2D eigenvalue weighted by Gasteiger charge is -2.08. The topological polar surface area (TPSA) is 43.8 Å². The Morgan fingerprint density at radius 2 is 2.13 bits per heavy atom. The van der Waals surface area contributed by atoms with Gasteiger partial charge in [0.2, 0.25) is 0 Å². The number of nitrogens with two attached hydrogens (primary N) is 1. The Morgan fingerprint density at radius 1 is 1.40 bits per heavy atom. The molecule has 0 amide bonds. The molecular weight excluding hydrogens is 186 g/mol. The van der Waals surface area contributed by atoms with E-state index in [0.29, 0.717) is 6.54 Å². The van der Waals surface area contributed by atoms with Crippen molar-refractivity contribution in [3.63, 3.8) is 0 Å². The maximum Gasteiger partial charge on any atom is 0.0777 e. The summed E-state index contributed by atoms with van der Waals surface area (Å²) >= 11 is 0. The van der Waals surface area contributed by atoms with Crippen LogP contribution in [0.15, 0.2) is 24.3 Å². The van der Waals surface area contributed by atoms with Crippen LogP contribution in [0.4, 0.5) is 0 Å². The van der Waals surface area contributed by atoms with Gasteiger partial charge in [-0.25, -0.2) is 0 Å². The number of nitrogens with zero attached hydrogens (tertiary/aromatic N) is 2. The quantitative estimate of drug-likeness (QED) is 0.801. The summed E-state index contributed by atoms with van der Waals surface area (Å²) in [7, 11) is 2.00. The van der Waals surface area contributed by atoms with Gasteiger partial charge in [0.1, 0.15) is 0 Å². The molecular formula is C12H15N3. The van der Waals surface area contributed by atoms with Gasteiger partial charge < -0.3 is 5.73 Å². The molecule has 2 N–H and O–H groups in total. The van der Waals surface area contributed by atoms with Gasteiger partial charge in [-0.3, -0.25) is 4.68 Å². The Morgan fingerprint density at radius 3 is 2.80 bits per heavy atom. The summed E-state index contributed by atoms with van der Waals surface area (Å²) in [5, 5.41) is 5.90. The summed E-state index contributed by atoms with van der Waals surface area (Å²) in [4.78, 5) is 0. The zero-order chi connectivity index (χ0) is 10.5. The summed E-state index contributed by atoms with van der Waals surface area (Å²) in [5.74, 6) is 0. The molecule has 0 radical (unpaired) electrons. The van der Waals surface area contributed by atoms with Gasteiger partial charge in [-0.1, -0.05) is 18.2 Å². The number of aromatic nitrogens is 2. The normalized spacial score (nSPS) is 18.3. The highest BCUT2D eigenvalue weighted by Gasteiger charge is 2.46. The van der Waals surface area contributed by atoms with Crippen molar-refractivity contribution in [3.8, 4) is 0 Å². The van der Waals surface area contributed by atoms with E-state index >= 15 is 0 Å². The SMILES string of the molecule is Cn1nc(C2(CN)CC2)c2ccccc21. The second-order valence-electron chi connectivity index (χ2n) is 4.47. The summed E-state index contributed by atoms with van der Waals surface area (Å²) < 4.78 is 1.96. The zero-order valence-corrected chi connectivity index (χ0v) is 8.90. The number of rotatable bonds is 2. The van der Waals surface area contributed by atoms with E-state index in [4.69, 9.17) is 5.73 Å². The van der Waals surface area contributed by atoms with E-state index in [1.165, 1.54) is 29.4 Å². The molecule has 0 aliphatic heterocycles. The van der Waals surface area contributed by atoms with Crippen LogP contribution in [0.5, 0.6) is 0 Å². The molecule has 1 heterocycles. The Labute approximate surface area is 88.9 Å². The molecule has 3 heteroatoms. The fourth-order valence-electron chi connectivity index (χ4n) is 2.29. The molecule has 0 bridgehead atoms. The van der Waals surface area contributed by atoms with Crippen molar-refractivity contribution in [1.29, 1.82) is 0 Å². The van der Waals surface area contributed by atoms with Gasteiger partial charge in [0, 0.05) is 24.4 Å². The molecule has 3 nitrogen and oxygen atoms in total. The van der Waals surface area contributed by atoms with E-state index in [0.717, 1.165) is 0 Å². The lowest BCUT2D eigenvalue weighted by atomic mass is 9.99. The highest BCUT2D eigenvalue weighted by molar-refractivity contribution is 5.83. The van der Waals surface area contributed by atoms with E-state index in [2.05, 4.69) is 29.4 Å². The van der Waals surface area contributed by atoms with Gasteiger partial charge in [0.25, 0.3) is 0 Å². The van der Waals surface area contributed by atoms with Crippen molar-refractivity contribution in [2.45, 2.75) is 18.3 Å². The average molecular weight is 201 g/mol. The minimum atomic E-state index is 0.181. The minimum absolute atomic E-state index is 0.181. The molecule has 3 rings (SSSR count). The fourth-order valence-corrected chi connectivity index (χ4v) is 2.29. The van der Waals surface area contributed by atoms with Crippen molar-refractivity contribution in [2.24, 2.45) is 12.8 Å². The monoisotopic (exact) mass is 201 g/mol. The van der Waals surface area contributed by atoms with E-state index in [1.54, 1.807) is 0 Å². The first-order chi connectivity index (χ1) is 7.27. The van der Waals surface area contributed by atoms with Crippen molar-refractivity contribution in [2.75, 3.05) is 6.54 Å². The van der Waals surface area contributed by atoms with E-state index in [1.807, 2.05) is 11.7 Å². The van der Waals surface area contributed by atoms with Gasteiger partial charge in [0.05, 0.1) is 11.2 Å². The summed E-state index contributed by atoms with van der Waals surface area (Å²) in [6.07, 6.45) is 2.37. The first-order valence-corrected chi connectivity index (χ1v) is 5.39. The molecule has 0 spiro atoms. The van der Waals surface area contributed by atoms with Crippen LogP contribution in [0.1, 0.15) is 18.5 Å². The minimum Gasteiger partial charge on any atom is -0.330 e. The maximum atomic E-state index is 5.85. The Kier molecular flexibility index (Phi) is 1.68. The molecule has 1 aliphatic carbocycles. The smallest absolute Gasteiger partial charge is 0.0777 e. The predicted molar refractivity (Wildman–Crippen MR) is 60.7 cm³/mol. The lowest BCUT2D eigenvalue weighted by molar-refractivity contribution is 0.650. The highest BCUT2D eigenvalue weighted by Crippen LogP contribution is 2.48. The zero-order valence-electron chi connectivity index (χ0n) is 8.90. The lowest BCUT2D eigenvalue weighted by Crippen LogP contribution is -2.20. The standard InChI is InChI=1S/C12H15N3/c1-15-10-5-3-2-4-9(10)11(14-15)12(8-13)6-7-12/h2-5H,6-8,13H2,1H3. The van der Waals surface area contributed by atoms with Gasteiger partial charge in [-0.15, -0.1) is 0 Å². The van der Waals surface area contributed by atoms with Crippen LogP contribution in [-0.4, -0.2) is 16.3 Å². The fraction of sp³-hybridized carbons (Fsp3) is 0.417. The number of hydrogen-bond donors (Lipinski definition) is 1.